The van der Waals surface area contributed by atoms with E-state index in [1.165, 1.54) is 11.9 Å². The second kappa shape index (κ2) is 6.86. The number of hydrogen-bond donors (Lipinski definition) is 2. The summed E-state index contributed by atoms with van der Waals surface area (Å²) in [6.45, 7) is 3.84. The Balaban J connectivity index is 2.24. The molecule has 1 heterocycles. The topological polar surface area (TPSA) is 84.7 Å². The van der Waals surface area contributed by atoms with Crippen LogP contribution in [0.5, 0.6) is 0 Å². The van der Waals surface area contributed by atoms with Crippen molar-refractivity contribution in [1.82, 2.24) is 5.01 Å². The first-order chi connectivity index (χ1) is 11.9. The second-order valence-electron chi connectivity index (χ2n) is 6.28. The Morgan fingerprint density at radius 2 is 2.08 bits per heavy atom. The molecule has 25 heavy (non-hydrogen) atoms. The van der Waals surface area contributed by atoms with Crippen LogP contribution in [0, 0.1) is 0 Å². The van der Waals surface area contributed by atoms with Crippen LogP contribution in [-0.4, -0.2) is 22.7 Å². The van der Waals surface area contributed by atoms with Crippen molar-refractivity contribution in [2.24, 2.45) is 10.8 Å². The van der Waals surface area contributed by atoms with E-state index >= 15 is 0 Å². The van der Waals surface area contributed by atoms with Gasteiger partial charge in [-0.3, -0.25) is 4.79 Å². The highest BCUT2D eigenvalue weighted by atomic mass is 35.5. The van der Waals surface area contributed by atoms with Gasteiger partial charge in [0.15, 0.2) is 0 Å². The number of benzene rings is 2. The van der Waals surface area contributed by atoms with Crippen molar-refractivity contribution in [1.29, 1.82) is 0 Å². The van der Waals surface area contributed by atoms with E-state index in [4.69, 9.17) is 23.1 Å². The summed E-state index contributed by atoms with van der Waals surface area (Å²) in [5.74, 6) is -0.0987. The third kappa shape index (κ3) is 3.38. The van der Waals surface area contributed by atoms with Gasteiger partial charge in [0.25, 0.3) is 0 Å². The number of amides is 1. The quantitative estimate of drug-likeness (QED) is 0.811. The summed E-state index contributed by atoms with van der Waals surface area (Å²) in [5.41, 5.74) is 16.8. The van der Waals surface area contributed by atoms with Gasteiger partial charge in [-0.15, -0.1) is 0 Å². The molecule has 0 aliphatic carbocycles. The molecule has 1 aliphatic rings. The minimum Gasteiger partial charge on any atom is -0.398 e. The zero-order chi connectivity index (χ0) is 18.1. The van der Waals surface area contributed by atoms with Gasteiger partial charge >= 0.3 is 0 Å². The minimum atomic E-state index is -0.0987. The highest BCUT2D eigenvalue weighted by molar-refractivity contribution is 6.31. The predicted octanol–water partition coefficient (Wildman–Crippen LogP) is 2.93. The van der Waals surface area contributed by atoms with Crippen LogP contribution < -0.4 is 11.5 Å². The van der Waals surface area contributed by atoms with Crippen LogP contribution in [0.4, 0.5) is 5.69 Å². The molecular weight excluding hydrogens is 336 g/mol. The number of carbonyl (C=O) groups is 1. The molecule has 0 aromatic heterocycles. The zero-order valence-electron chi connectivity index (χ0n) is 14.3. The number of nitrogens with zero attached hydrogens (tertiary/aromatic N) is 2. The van der Waals surface area contributed by atoms with Crippen LogP contribution in [0.2, 0.25) is 5.02 Å². The van der Waals surface area contributed by atoms with Gasteiger partial charge < -0.3 is 11.5 Å². The predicted molar refractivity (Wildman–Crippen MR) is 102 cm³/mol. The van der Waals surface area contributed by atoms with E-state index in [2.05, 4.69) is 5.10 Å². The second-order valence-corrected chi connectivity index (χ2v) is 6.72. The summed E-state index contributed by atoms with van der Waals surface area (Å²) in [7, 11) is 0. The summed E-state index contributed by atoms with van der Waals surface area (Å²) in [4.78, 5) is 12.1. The van der Waals surface area contributed by atoms with Crippen molar-refractivity contribution >= 4 is 28.9 Å². The van der Waals surface area contributed by atoms with Gasteiger partial charge in [0.1, 0.15) is 0 Å². The van der Waals surface area contributed by atoms with Crippen LogP contribution in [0.15, 0.2) is 41.5 Å². The van der Waals surface area contributed by atoms with Crippen LogP contribution in [-0.2, 0) is 17.8 Å². The molecule has 1 amide bonds. The number of nitrogen functional groups attached to an aromatic ring is 1. The molecule has 1 aliphatic heterocycles. The number of nitrogens with two attached hydrogens (primary N) is 2. The summed E-state index contributed by atoms with van der Waals surface area (Å²) in [6, 6.07) is 11.3. The van der Waals surface area contributed by atoms with E-state index in [9.17, 15) is 4.79 Å². The lowest BCUT2D eigenvalue weighted by atomic mass is 9.93. The van der Waals surface area contributed by atoms with Crippen molar-refractivity contribution in [2.45, 2.75) is 32.9 Å². The number of hydrazone groups is 1. The molecular formula is C19H21ClN4O. The maximum Gasteiger partial charge on any atom is 0.239 e. The average Bonchev–Trinajstić information content (AvgIpc) is 2.71. The monoisotopic (exact) mass is 356 g/mol. The lowest BCUT2D eigenvalue weighted by molar-refractivity contribution is -0.130. The van der Waals surface area contributed by atoms with Gasteiger partial charge in [-0.05, 0) is 48.7 Å². The molecule has 4 N–H and O–H groups in total. The van der Waals surface area contributed by atoms with Crippen molar-refractivity contribution in [3.63, 3.8) is 0 Å². The SMILES string of the molecule is CC(=O)N1N=C(c2ccc(N)c(CN)c2)c2cc(Cl)ccc2C[C@@H]1C. The lowest BCUT2D eigenvalue weighted by Gasteiger charge is -2.21. The fraction of sp³-hybridized carbons (Fsp3) is 0.263. The normalized spacial score (nSPS) is 16.9. The number of hydrogen-bond acceptors (Lipinski definition) is 4. The van der Waals surface area contributed by atoms with Gasteiger partial charge in [-0.2, -0.15) is 5.10 Å². The lowest BCUT2D eigenvalue weighted by Crippen LogP contribution is -2.33. The smallest absolute Gasteiger partial charge is 0.239 e. The number of anilines is 1. The molecule has 5 nitrogen and oxygen atoms in total. The Kier molecular flexibility index (Phi) is 4.79. The standard InChI is InChI=1S/C19H21ClN4O/c1-11-7-13-3-5-16(20)9-17(13)19(23-24(11)12(2)25)14-4-6-18(22)15(8-14)10-21/h3-6,8-9,11H,7,10,21-22H2,1-2H3/t11-/m0/s1. The van der Waals surface area contributed by atoms with Gasteiger partial charge in [-0.25, -0.2) is 5.01 Å². The molecule has 3 rings (SSSR count). The fourth-order valence-corrected chi connectivity index (χ4v) is 3.31. The summed E-state index contributed by atoms with van der Waals surface area (Å²) in [5, 5.41) is 6.83. The molecule has 6 heteroatoms. The Morgan fingerprint density at radius 1 is 1.32 bits per heavy atom. The van der Waals surface area contributed by atoms with Crippen molar-refractivity contribution in [3.8, 4) is 0 Å². The van der Waals surface area contributed by atoms with E-state index < -0.39 is 0 Å². The average molecular weight is 357 g/mol. The minimum absolute atomic E-state index is 0.0438. The number of fused-ring (bicyclic) bond motifs is 1. The Morgan fingerprint density at radius 3 is 2.76 bits per heavy atom. The largest absolute Gasteiger partial charge is 0.398 e. The fourth-order valence-electron chi connectivity index (χ4n) is 3.14. The van der Waals surface area contributed by atoms with E-state index in [1.54, 1.807) is 0 Å². The van der Waals surface area contributed by atoms with E-state index in [0.29, 0.717) is 29.4 Å². The maximum absolute atomic E-state index is 12.1. The molecule has 0 saturated carbocycles. The molecule has 2 aromatic rings. The van der Waals surface area contributed by atoms with E-state index in [1.807, 2.05) is 43.3 Å². The number of rotatable bonds is 2. The zero-order valence-corrected chi connectivity index (χ0v) is 15.0. The molecule has 0 fully saturated rings. The van der Waals surface area contributed by atoms with Crippen molar-refractivity contribution in [3.05, 3.63) is 63.7 Å². The maximum atomic E-state index is 12.1. The number of carbonyl (C=O) groups excluding carboxylic acids is 1. The van der Waals surface area contributed by atoms with E-state index in [-0.39, 0.29) is 11.9 Å². The molecule has 0 radical (unpaired) electrons. The summed E-state index contributed by atoms with van der Waals surface area (Å²) in [6.07, 6.45) is 0.706. The molecule has 0 bridgehead atoms. The third-order valence-electron chi connectivity index (χ3n) is 4.43. The Labute approximate surface area is 152 Å². The first-order valence-electron chi connectivity index (χ1n) is 8.16. The number of halogens is 1. The summed E-state index contributed by atoms with van der Waals surface area (Å²) < 4.78 is 0. The van der Waals surface area contributed by atoms with Gasteiger partial charge in [0, 0.05) is 35.3 Å². The first kappa shape index (κ1) is 17.5. The molecule has 2 aromatic carbocycles. The van der Waals surface area contributed by atoms with E-state index in [0.717, 1.165) is 22.3 Å². The first-order valence-corrected chi connectivity index (χ1v) is 8.54. The molecule has 0 spiro atoms. The van der Waals surface area contributed by atoms with Crippen LogP contribution in [0.3, 0.4) is 0 Å². The van der Waals surface area contributed by atoms with Crippen LogP contribution in [0.25, 0.3) is 0 Å². The van der Waals surface area contributed by atoms with Gasteiger partial charge in [0.2, 0.25) is 5.91 Å². The van der Waals surface area contributed by atoms with Crippen molar-refractivity contribution in [2.75, 3.05) is 5.73 Å². The highest BCUT2D eigenvalue weighted by Gasteiger charge is 2.25. The van der Waals surface area contributed by atoms with Crippen LogP contribution >= 0.6 is 11.6 Å². The third-order valence-corrected chi connectivity index (χ3v) is 4.66. The molecule has 0 unspecified atom stereocenters. The summed E-state index contributed by atoms with van der Waals surface area (Å²) >= 11 is 6.23. The Hall–Kier alpha value is -2.37. The molecule has 1 atom stereocenters. The van der Waals surface area contributed by atoms with Crippen molar-refractivity contribution < 1.29 is 4.79 Å². The molecule has 0 saturated heterocycles. The van der Waals surface area contributed by atoms with Gasteiger partial charge in [0.05, 0.1) is 11.8 Å². The van der Waals surface area contributed by atoms with Gasteiger partial charge in [-0.1, -0.05) is 23.7 Å². The van der Waals surface area contributed by atoms with Crippen LogP contribution in [0.1, 0.15) is 36.1 Å². The highest BCUT2D eigenvalue weighted by Crippen LogP contribution is 2.27. The molecule has 130 valence electrons. The Bertz CT molecular complexity index is 862.